The molecular formula is C12H22N2O3. The number of carboxylic acid groups (broad SMARTS) is 1. The summed E-state index contributed by atoms with van der Waals surface area (Å²) >= 11 is 0. The van der Waals surface area contributed by atoms with Crippen molar-refractivity contribution in [2.24, 2.45) is 5.92 Å². The number of hydrogen-bond donors (Lipinski definition) is 2. The lowest BCUT2D eigenvalue weighted by Gasteiger charge is -2.32. The maximum Gasteiger partial charge on any atom is 0.317 e. The van der Waals surface area contributed by atoms with Crippen LogP contribution < -0.4 is 5.32 Å². The van der Waals surface area contributed by atoms with Crippen LogP contribution in [0.3, 0.4) is 0 Å². The molecule has 0 radical (unpaired) electrons. The van der Waals surface area contributed by atoms with E-state index in [1.165, 1.54) is 0 Å². The maximum atomic E-state index is 11.6. The highest BCUT2D eigenvalue weighted by Gasteiger charge is 2.22. The highest BCUT2D eigenvalue weighted by Crippen LogP contribution is 2.10. The third-order valence-electron chi connectivity index (χ3n) is 2.82. The minimum atomic E-state index is -0.806. The Morgan fingerprint density at radius 3 is 2.76 bits per heavy atom. The van der Waals surface area contributed by atoms with Crippen LogP contribution >= 0.6 is 0 Å². The summed E-state index contributed by atoms with van der Waals surface area (Å²) in [5.41, 5.74) is 0. The Kier molecular flexibility index (Phi) is 5.41. The van der Waals surface area contributed by atoms with Gasteiger partial charge in [0, 0.05) is 19.0 Å². The molecule has 0 aromatic heterocycles. The molecule has 1 unspecified atom stereocenters. The predicted molar refractivity (Wildman–Crippen MR) is 64.7 cm³/mol. The number of hydrogen-bond acceptors (Lipinski definition) is 3. The van der Waals surface area contributed by atoms with E-state index < -0.39 is 5.97 Å². The van der Waals surface area contributed by atoms with Crippen LogP contribution in [0.4, 0.5) is 0 Å². The van der Waals surface area contributed by atoms with Crippen LogP contribution in [0, 0.1) is 5.92 Å². The summed E-state index contributed by atoms with van der Waals surface area (Å²) in [5, 5.41) is 11.7. The number of carboxylic acids is 1. The lowest BCUT2D eigenvalue weighted by Crippen LogP contribution is -2.49. The molecule has 2 N–H and O–H groups in total. The first-order valence-electron chi connectivity index (χ1n) is 6.21. The van der Waals surface area contributed by atoms with Gasteiger partial charge in [-0.25, -0.2) is 0 Å². The van der Waals surface area contributed by atoms with E-state index in [-0.39, 0.29) is 18.5 Å². The topological polar surface area (TPSA) is 69.6 Å². The summed E-state index contributed by atoms with van der Waals surface area (Å²) in [5.74, 6) is -0.380. The molecule has 1 amide bonds. The molecule has 1 fully saturated rings. The van der Waals surface area contributed by atoms with Crippen molar-refractivity contribution in [2.75, 3.05) is 19.6 Å². The summed E-state index contributed by atoms with van der Waals surface area (Å²) < 4.78 is 0. The number of nitrogens with zero attached hydrogens (tertiary/aromatic N) is 1. The van der Waals surface area contributed by atoms with Crippen molar-refractivity contribution in [2.45, 2.75) is 39.2 Å². The fraction of sp³-hybridized carbons (Fsp3) is 0.833. The average Bonchev–Trinajstić information content (AvgIpc) is 2.14. The van der Waals surface area contributed by atoms with Gasteiger partial charge in [0.1, 0.15) is 0 Å². The number of amides is 1. The van der Waals surface area contributed by atoms with E-state index in [0.29, 0.717) is 18.9 Å². The Bertz CT molecular complexity index is 279. The highest BCUT2D eigenvalue weighted by molar-refractivity contribution is 5.76. The number of carbonyl (C=O) groups is 2. The molecule has 5 heteroatoms. The van der Waals surface area contributed by atoms with Crippen molar-refractivity contribution < 1.29 is 14.7 Å². The van der Waals surface area contributed by atoms with Crippen LogP contribution in [0.2, 0.25) is 0 Å². The molecule has 0 spiro atoms. The molecule has 0 saturated carbocycles. The van der Waals surface area contributed by atoms with Gasteiger partial charge in [-0.3, -0.25) is 14.5 Å². The zero-order chi connectivity index (χ0) is 12.8. The summed E-state index contributed by atoms with van der Waals surface area (Å²) in [7, 11) is 0. The first kappa shape index (κ1) is 14.0. The molecule has 0 aromatic carbocycles. The van der Waals surface area contributed by atoms with Crippen LogP contribution in [0.5, 0.6) is 0 Å². The van der Waals surface area contributed by atoms with E-state index in [0.717, 1.165) is 19.4 Å². The monoisotopic (exact) mass is 242 g/mol. The Hall–Kier alpha value is -1.10. The summed E-state index contributed by atoms with van der Waals surface area (Å²) in [6.45, 7) is 5.55. The number of piperidine rings is 1. The molecule has 98 valence electrons. The molecule has 17 heavy (non-hydrogen) atoms. The van der Waals surface area contributed by atoms with Crippen LogP contribution in [0.1, 0.15) is 33.1 Å². The molecule has 1 heterocycles. The maximum absolute atomic E-state index is 11.6. The highest BCUT2D eigenvalue weighted by atomic mass is 16.4. The molecule has 0 aliphatic carbocycles. The van der Waals surface area contributed by atoms with E-state index in [4.69, 9.17) is 5.11 Å². The summed E-state index contributed by atoms with van der Waals surface area (Å²) in [6, 6.07) is 0.106. The van der Waals surface area contributed by atoms with Crippen molar-refractivity contribution in [1.29, 1.82) is 0 Å². The number of nitrogens with one attached hydrogen (secondary N) is 1. The average molecular weight is 242 g/mol. The van der Waals surface area contributed by atoms with E-state index in [1.807, 2.05) is 18.7 Å². The number of carbonyl (C=O) groups excluding carboxylic acids is 1. The predicted octanol–water partition coefficient (Wildman–Crippen LogP) is 0.698. The van der Waals surface area contributed by atoms with Gasteiger partial charge in [-0.15, -0.1) is 0 Å². The van der Waals surface area contributed by atoms with Gasteiger partial charge in [-0.2, -0.15) is 0 Å². The van der Waals surface area contributed by atoms with Crippen molar-refractivity contribution >= 4 is 11.9 Å². The summed E-state index contributed by atoms with van der Waals surface area (Å²) in [4.78, 5) is 24.1. The quantitative estimate of drug-likeness (QED) is 0.744. The van der Waals surface area contributed by atoms with Crippen molar-refractivity contribution in [3.05, 3.63) is 0 Å². The molecule has 5 nitrogen and oxygen atoms in total. The largest absolute Gasteiger partial charge is 0.480 e. The van der Waals surface area contributed by atoms with Crippen LogP contribution in [-0.2, 0) is 9.59 Å². The second kappa shape index (κ2) is 6.59. The van der Waals surface area contributed by atoms with E-state index in [1.54, 1.807) is 0 Å². The number of rotatable bonds is 5. The van der Waals surface area contributed by atoms with Gasteiger partial charge >= 0.3 is 5.97 Å². The van der Waals surface area contributed by atoms with Gasteiger partial charge in [0.05, 0.1) is 6.54 Å². The van der Waals surface area contributed by atoms with Crippen LogP contribution in [0.15, 0.2) is 0 Å². The molecular weight excluding hydrogens is 220 g/mol. The van der Waals surface area contributed by atoms with Gasteiger partial charge in [-0.05, 0) is 25.3 Å². The molecule has 1 saturated heterocycles. The standard InChI is InChI=1S/C12H22N2O3/c1-9(2)6-11(15)13-10-4-3-5-14(7-10)8-12(16)17/h9-10H,3-8H2,1-2H3,(H,13,15)(H,16,17). The number of aliphatic carboxylic acids is 1. The minimum absolute atomic E-state index is 0.0660. The van der Waals surface area contributed by atoms with Gasteiger partial charge in [-0.1, -0.05) is 13.8 Å². The third-order valence-corrected chi connectivity index (χ3v) is 2.82. The van der Waals surface area contributed by atoms with Gasteiger partial charge in [0.2, 0.25) is 5.91 Å². The molecule has 1 rings (SSSR count). The Labute approximate surface area is 102 Å². The van der Waals surface area contributed by atoms with Gasteiger partial charge < -0.3 is 10.4 Å². The number of likely N-dealkylation sites (tertiary alicyclic amines) is 1. The zero-order valence-electron chi connectivity index (χ0n) is 10.6. The van der Waals surface area contributed by atoms with E-state index >= 15 is 0 Å². The van der Waals surface area contributed by atoms with Crippen molar-refractivity contribution in [1.82, 2.24) is 10.2 Å². The van der Waals surface area contributed by atoms with Crippen LogP contribution in [0.25, 0.3) is 0 Å². The van der Waals surface area contributed by atoms with E-state index in [2.05, 4.69) is 5.32 Å². The van der Waals surface area contributed by atoms with Gasteiger partial charge in [0.15, 0.2) is 0 Å². The zero-order valence-corrected chi connectivity index (χ0v) is 10.6. The molecule has 0 aromatic rings. The molecule has 0 bridgehead atoms. The molecule has 1 aliphatic heterocycles. The first-order valence-corrected chi connectivity index (χ1v) is 6.21. The smallest absolute Gasteiger partial charge is 0.317 e. The lowest BCUT2D eigenvalue weighted by atomic mass is 10.0. The van der Waals surface area contributed by atoms with Crippen molar-refractivity contribution in [3.63, 3.8) is 0 Å². The molecule has 1 aliphatic rings. The Morgan fingerprint density at radius 1 is 1.47 bits per heavy atom. The minimum Gasteiger partial charge on any atom is -0.480 e. The second-order valence-corrected chi connectivity index (χ2v) is 5.13. The molecule has 1 atom stereocenters. The Balaban J connectivity index is 2.34. The van der Waals surface area contributed by atoms with E-state index in [9.17, 15) is 9.59 Å². The lowest BCUT2D eigenvalue weighted by molar-refractivity contribution is -0.138. The van der Waals surface area contributed by atoms with Crippen molar-refractivity contribution in [3.8, 4) is 0 Å². The normalized spacial score (nSPS) is 21.5. The van der Waals surface area contributed by atoms with Crippen LogP contribution in [-0.4, -0.2) is 47.6 Å². The SMILES string of the molecule is CC(C)CC(=O)NC1CCCN(CC(=O)O)C1. The Morgan fingerprint density at radius 2 is 2.18 bits per heavy atom. The fourth-order valence-corrected chi connectivity index (χ4v) is 2.17. The first-order chi connectivity index (χ1) is 7.97. The second-order valence-electron chi connectivity index (χ2n) is 5.13. The summed E-state index contributed by atoms with van der Waals surface area (Å²) in [6.07, 6.45) is 2.43. The van der Waals surface area contributed by atoms with Gasteiger partial charge in [0.25, 0.3) is 0 Å². The fourth-order valence-electron chi connectivity index (χ4n) is 2.17. The third kappa shape index (κ3) is 5.68.